The highest BCUT2D eigenvalue weighted by Crippen LogP contribution is 2.13. The molecular formula is C12H23N. The molecule has 1 fully saturated rings. The lowest BCUT2D eigenvalue weighted by molar-refractivity contribution is 0.466. The third kappa shape index (κ3) is 7.87. The molecule has 1 nitrogen and oxygen atoms in total. The number of nitrogens with one attached hydrogen (secondary N) is 1. The average Bonchev–Trinajstić information content (AvgIpc) is 2.46. The van der Waals surface area contributed by atoms with Crippen molar-refractivity contribution >= 4 is 0 Å². The van der Waals surface area contributed by atoms with Gasteiger partial charge in [0, 0.05) is 0 Å². The molecule has 0 aromatic heterocycles. The Labute approximate surface area is 83.3 Å². The molecule has 76 valence electrons. The standard InChI is InChI=1S/C8H17N.C4H6/c1-2-8-5-3-4-6-9-7-8;1-3-4-2/h8-9H,2-7H2,1H3;1-2H3. The van der Waals surface area contributed by atoms with Crippen molar-refractivity contribution in [3.05, 3.63) is 0 Å². The van der Waals surface area contributed by atoms with Crippen LogP contribution in [0.1, 0.15) is 46.5 Å². The zero-order valence-electron chi connectivity index (χ0n) is 9.32. The molecule has 0 amide bonds. The fraction of sp³-hybridized carbons (Fsp3) is 0.833. The summed E-state index contributed by atoms with van der Waals surface area (Å²) in [6, 6.07) is 0. The topological polar surface area (TPSA) is 12.0 Å². The lowest BCUT2D eigenvalue weighted by atomic mass is 10.0. The highest BCUT2D eigenvalue weighted by Gasteiger charge is 2.07. The summed E-state index contributed by atoms with van der Waals surface area (Å²) >= 11 is 0. The van der Waals surface area contributed by atoms with E-state index in [1.807, 2.05) is 13.8 Å². The van der Waals surface area contributed by atoms with Crippen LogP contribution >= 0.6 is 0 Å². The van der Waals surface area contributed by atoms with Gasteiger partial charge in [0.15, 0.2) is 0 Å². The number of hydrogen-bond donors (Lipinski definition) is 1. The van der Waals surface area contributed by atoms with Crippen molar-refractivity contribution in [1.82, 2.24) is 5.32 Å². The minimum atomic E-state index is 0.965. The second-order valence-corrected chi connectivity index (χ2v) is 3.47. The van der Waals surface area contributed by atoms with Crippen LogP contribution in [0.15, 0.2) is 0 Å². The average molecular weight is 181 g/mol. The SMILES string of the molecule is CC#CC.CCC1CCCCNC1. The van der Waals surface area contributed by atoms with E-state index in [0.29, 0.717) is 0 Å². The first-order valence-corrected chi connectivity index (χ1v) is 5.39. The van der Waals surface area contributed by atoms with Crippen LogP contribution in [0.2, 0.25) is 0 Å². The van der Waals surface area contributed by atoms with E-state index in [4.69, 9.17) is 0 Å². The number of hydrogen-bond acceptors (Lipinski definition) is 1. The molecule has 1 N–H and O–H groups in total. The van der Waals surface area contributed by atoms with Gasteiger partial charge in [0.25, 0.3) is 0 Å². The second kappa shape index (κ2) is 9.61. The highest BCUT2D eigenvalue weighted by atomic mass is 14.9. The first kappa shape index (κ1) is 12.5. The van der Waals surface area contributed by atoms with E-state index in [1.54, 1.807) is 0 Å². The first-order valence-electron chi connectivity index (χ1n) is 5.39. The molecule has 1 saturated heterocycles. The molecule has 0 radical (unpaired) electrons. The summed E-state index contributed by atoms with van der Waals surface area (Å²) in [5.41, 5.74) is 0. The summed E-state index contributed by atoms with van der Waals surface area (Å²) < 4.78 is 0. The van der Waals surface area contributed by atoms with Crippen LogP contribution in [-0.2, 0) is 0 Å². The normalized spacial score (nSPS) is 21.6. The van der Waals surface area contributed by atoms with Gasteiger partial charge in [0.2, 0.25) is 0 Å². The van der Waals surface area contributed by atoms with Gasteiger partial charge in [-0.25, -0.2) is 0 Å². The molecule has 0 aliphatic carbocycles. The van der Waals surface area contributed by atoms with Gasteiger partial charge in [0.05, 0.1) is 0 Å². The molecule has 0 spiro atoms. The Morgan fingerprint density at radius 1 is 1.23 bits per heavy atom. The fourth-order valence-corrected chi connectivity index (χ4v) is 1.44. The second-order valence-electron chi connectivity index (χ2n) is 3.47. The van der Waals surface area contributed by atoms with E-state index in [-0.39, 0.29) is 0 Å². The van der Waals surface area contributed by atoms with Crippen LogP contribution < -0.4 is 5.32 Å². The Morgan fingerprint density at radius 2 is 1.92 bits per heavy atom. The lowest BCUT2D eigenvalue weighted by Crippen LogP contribution is -2.19. The molecule has 1 atom stereocenters. The predicted octanol–water partition coefficient (Wildman–Crippen LogP) is 2.82. The van der Waals surface area contributed by atoms with Crippen molar-refractivity contribution in [2.45, 2.75) is 46.5 Å². The van der Waals surface area contributed by atoms with Gasteiger partial charge in [-0.3, -0.25) is 0 Å². The Balaban J connectivity index is 0.000000310. The van der Waals surface area contributed by atoms with Gasteiger partial charge in [0.1, 0.15) is 0 Å². The van der Waals surface area contributed by atoms with Crippen molar-refractivity contribution in [3.8, 4) is 11.8 Å². The highest BCUT2D eigenvalue weighted by molar-refractivity contribution is 4.89. The van der Waals surface area contributed by atoms with E-state index in [2.05, 4.69) is 24.1 Å². The van der Waals surface area contributed by atoms with Crippen LogP contribution in [0, 0.1) is 17.8 Å². The van der Waals surface area contributed by atoms with Crippen LogP contribution in [0.25, 0.3) is 0 Å². The Hall–Kier alpha value is -0.480. The molecule has 1 aliphatic heterocycles. The molecular weight excluding hydrogens is 158 g/mol. The maximum Gasteiger partial charge on any atom is -0.00206 e. The summed E-state index contributed by atoms with van der Waals surface area (Å²) in [6.07, 6.45) is 5.62. The predicted molar refractivity (Wildman–Crippen MR) is 59.6 cm³/mol. The van der Waals surface area contributed by atoms with Gasteiger partial charge in [-0.1, -0.05) is 19.8 Å². The monoisotopic (exact) mass is 181 g/mol. The first-order chi connectivity index (χ1) is 6.35. The molecule has 1 rings (SSSR count). The van der Waals surface area contributed by atoms with Gasteiger partial charge >= 0.3 is 0 Å². The van der Waals surface area contributed by atoms with Crippen molar-refractivity contribution in [1.29, 1.82) is 0 Å². The van der Waals surface area contributed by atoms with Gasteiger partial charge < -0.3 is 5.32 Å². The Bertz CT molecular complexity index is 138. The summed E-state index contributed by atoms with van der Waals surface area (Å²) in [7, 11) is 0. The molecule has 13 heavy (non-hydrogen) atoms. The molecule has 1 aliphatic rings. The quantitative estimate of drug-likeness (QED) is 0.613. The van der Waals surface area contributed by atoms with Crippen molar-refractivity contribution in [3.63, 3.8) is 0 Å². The maximum atomic E-state index is 3.45. The van der Waals surface area contributed by atoms with Crippen molar-refractivity contribution in [2.24, 2.45) is 5.92 Å². The molecule has 0 aromatic rings. The zero-order valence-corrected chi connectivity index (χ0v) is 9.32. The van der Waals surface area contributed by atoms with Crippen LogP contribution in [0.4, 0.5) is 0 Å². The summed E-state index contributed by atoms with van der Waals surface area (Å²) in [4.78, 5) is 0. The fourth-order valence-electron chi connectivity index (χ4n) is 1.44. The summed E-state index contributed by atoms with van der Waals surface area (Å²) in [6.45, 7) is 8.44. The van der Waals surface area contributed by atoms with Gasteiger partial charge in [-0.15, -0.1) is 11.8 Å². The minimum absolute atomic E-state index is 0.965. The van der Waals surface area contributed by atoms with Crippen LogP contribution in [0.3, 0.4) is 0 Å². The molecule has 0 aromatic carbocycles. The molecule has 1 heteroatoms. The molecule has 1 heterocycles. The van der Waals surface area contributed by atoms with Crippen molar-refractivity contribution in [2.75, 3.05) is 13.1 Å². The Morgan fingerprint density at radius 3 is 2.46 bits per heavy atom. The van der Waals surface area contributed by atoms with E-state index in [0.717, 1.165) is 5.92 Å². The molecule has 1 unspecified atom stereocenters. The molecule has 0 bridgehead atoms. The minimum Gasteiger partial charge on any atom is -0.316 e. The Kier molecular flexibility index (Phi) is 9.25. The number of rotatable bonds is 1. The van der Waals surface area contributed by atoms with Gasteiger partial charge in [-0.2, -0.15) is 0 Å². The third-order valence-electron chi connectivity index (χ3n) is 2.48. The van der Waals surface area contributed by atoms with Crippen molar-refractivity contribution < 1.29 is 0 Å². The third-order valence-corrected chi connectivity index (χ3v) is 2.48. The maximum absolute atomic E-state index is 3.45. The van der Waals surface area contributed by atoms with E-state index < -0.39 is 0 Å². The van der Waals surface area contributed by atoms with Crippen LogP contribution in [-0.4, -0.2) is 13.1 Å². The lowest BCUT2D eigenvalue weighted by Gasteiger charge is -2.09. The zero-order chi connectivity index (χ0) is 9.94. The molecule has 0 saturated carbocycles. The van der Waals surface area contributed by atoms with Crippen LogP contribution in [0.5, 0.6) is 0 Å². The van der Waals surface area contributed by atoms with E-state index in [1.165, 1.54) is 38.8 Å². The van der Waals surface area contributed by atoms with E-state index in [9.17, 15) is 0 Å². The summed E-state index contributed by atoms with van der Waals surface area (Å²) in [5.74, 6) is 6.33. The largest absolute Gasteiger partial charge is 0.316 e. The van der Waals surface area contributed by atoms with Gasteiger partial charge in [-0.05, 0) is 45.7 Å². The smallest absolute Gasteiger partial charge is 0.00206 e. The van der Waals surface area contributed by atoms with E-state index >= 15 is 0 Å². The summed E-state index contributed by atoms with van der Waals surface area (Å²) in [5, 5.41) is 3.45.